The maximum absolute atomic E-state index is 12.4. The molecule has 6 nitrogen and oxygen atoms in total. The van der Waals surface area contributed by atoms with Crippen LogP contribution in [0.1, 0.15) is 45.2 Å². The smallest absolute Gasteiger partial charge is 0.309 e. The van der Waals surface area contributed by atoms with Crippen LogP contribution in [0.25, 0.3) is 0 Å². The Kier molecular flexibility index (Phi) is 5.57. The van der Waals surface area contributed by atoms with Crippen LogP contribution in [-0.2, 0) is 16.1 Å². The molecule has 1 aromatic rings. The lowest BCUT2D eigenvalue weighted by molar-refractivity contribution is -0.152. The first-order valence-corrected chi connectivity index (χ1v) is 8.16. The van der Waals surface area contributed by atoms with Gasteiger partial charge in [-0.15, -0.1) is 0 Å². The quantitative estimate of drug-likeness (QED) is 0.860. The zero-order valence-electron chi connectivity index (χ0n) is 13.4. The number of carbonyl (C=O) groups is 2. The van der Waals surface area contributed by atoms with Gasteiger partial charge in [0.25, 0.3) is 0 Å². The molecule has 1 saturated carbocycles. The molecule has 0 bridgehead atoms. The standard InChI is InChI=1S/C16H22ClN3O3/c1-16(2,15(22)23)11-5-3-4-10(8-11)14(21)20-9-12-13(17)19-7-6-18-12/h6-7,10-11H,3-5,8-9H2,1-2H3,(H,20,21)(H,22,23). The lowest BCUT2D eigenvalue weighted by Crippen LogP contribution is -2.40. The molecular formula is C16H22ClN3O3. The topological polar surface area (TPSA) is 92.2 Å². The summed E-state index contributed by atoms with van der Waals surface area (Å²) in [4.78, 5) is 31.8. The molecule has 0 aliphatic heterocycles. The Balaban J connectivity index is 1.95. The molecule has 2 atom stereocenters. The van der Waals surface area contributed by atoms with Gasteiger partial charge in [0.2, 0.25) is 5.91 Å². The van der Waals surface area contributed by atoms with E-state index in [1.807, 2.05) is 0 Å². The van der Waals surface area contributed by atoms with Crippen LogP contribution in [0, 0.1) is 17.3 Å². The van der Waals surface area contributed by atoms with Crippen molar-refractivity contribution in [3.05, 3.63) is 23.2 Å². The van der Waals surface area contributed by atoms with Gasteiger partial charge in [0.05, 0.1) is 17.7 Å². The summed E-state index contributed by atoms with van der Waals surface area (Å²) in [5, 5.41) is 12.5. The first-order valence-electron chi connectivity index (χ1n) is 7.79. The molecule has 0 radical (unpaired) electrons. The van der Waals surface area contributed by atoms with E-state index in [-0.39, 0.29) is 29.4 Å². The Morgan fingerprint density at radius 1 is 1.35 bits per heavy atom. The third kappa shape index (κ3) is 4.19. The van der Waals surface area contributed by atoms with Crippen molar-refractivity contribution in [2.24, 2.45) is 17.3 Å². The first-order chi connectivity index (χ1) is 10.8. The van der Waals surface area contributed by atoms with Gasteiger partial charge in [-0.2, -0.15) is 0 Å². The number of hydrogen-bond acceptors (Lipinski definition) is 4. The van der Waals surface area contributed by atoms with Gasteiger partial charge in [-0.1, -0.05) is 18.0 Å². The van der Waals surface area contributed by atoms with Crippen molar-refractivity contribution in [2.75, 3.05) is 0 Å². The van der Waals surface area contributed by atoms with Gasteiger partial charge in [-0.05, 0) is 39.0 Å². The number of nitrogens with zero attached hydrogens (tertiary/aromatic N) is 2. The Bertz CT molecular complexity index is 592. The normalized spacial score (nSPS) is 21.7. The van der Waals surface area contributed by atoms with Crippen molar-refractivity contribution in [3.8, 4) is 0 Å². The molecule has 1 aromatic heterocycles. The minimum Gasteiger partial charge on any atom is -0.481 e. The fraction of sp³-hybridized carbons (Fsp3) is 0.625. The van der Waals surface area contributed by atoms with Crippen molar-refractivity contribution < 1.29 is 14.7 Å². The van der Waals surface area contributed by atoms with Gasteiger partial charge in [0, 0.05) is 18.3 Å². The number of carbonyl (C=O) groups excluding carboxylic acids is 1. The fourth-order valence-corrected chi connectivity index (χ4v) is 3.21. The second-order valence-electron chi connectivity index (χ2n) is 6.60. The molecule has 2 N–H and O–H groups in total. The molecule has 0 aromatic carbocycles. The summed E-state index contributed by atoms with van der Waals surface area (Å²) in [7, 11) is 0. The van der Waals surface area contributed by atoms with Gasteiger partial charge in [0.15, 0.2) is 5.15 Å². The van der Waals surface area contributed by atoms with E-state index in [4.69, 9.17) is 11.6 Å². The maximum Gasteiger partial charge on any atom is 0.309 e. The Hall–Kier alpha value is -1.69. The van der Waals surface area contributed by atoms with E-state index in [0.29, 0.717) is 12.1 Å². The average molecular weight is 340 g/mol. The molecule has 0 saturated heterocycles. The van der Waals surface area contributed by atoms with Crippen LogP contribution in [0.5, 0.6) is 0 Å². The highest BCUT2D eigenvalue weighted by molar-refractivity contribution is 6.29. The van der Waals surface area contributed by atoms with E-state index in [2.05, 4.69) is 15.3 Å². The van der Waals surface area contributed by atoms with Crippen molar-refractivity contribution in [1.82, 2.24) is 15.3 Å². The number of halogens is 1. The highest BCUT2D eigenvalue weighted by atomic mass is 35.5. The predicted octanol–water partition coefficient (Wildman–Crippen LogP) is 2.66. The van der Waals surface area contributed by atoms with Crippen LogP contribution < -0.4 is 5.32 Å². The highest BCUT2D eigenvalue weighted by Gasteiger charge is 2.40. The molecule has 1 aliphatic carbocycles. The number of aromatic nitrogens is 2. The van der Waals surface area contributed by atoms with Crippen LogP contribution >= 0.6 is 11.6 Å². The van der Waals surface area contributed by atoms with Crippen molar-refractivity contribution in [3.63, 3.8) is 0 Å². The number of carboxylic acids is 1. The summed E-state index contributed by atoms with van der Waals surface area (Å²) in [6.07, 6.45) is 6.11. The molecule has 7 heteroatoms. The Morgan fingerprint density at radius 3 is 2.70 bits per heavy atom. The van der Waals surface area contributed by atoms with Crippen LogP contribution in [0.15, 0.2) is 12.4 Å². The molecule has 1 fully saturated rings. The molecule has 2 rings (SSSR count). The summed E-state index contributed by atoms with van der Waals surface area (Å²) in [6, 6.07) is 0. The number of carboxylic acid groups (broad SMARTS) is 1. The molecule has 2 unspecified atom stereocenters. The Labute approximate surface area is 140 Å². The molecule has 126 valence electrons. The predicted molar refractivity (Wildman–Crippen MR) is 85.8 cm³/mol. The van der Waals surface area contributed by atoms with Crippen molar-refractivity contribution >= 4 is 23.5 Å². The summed E-state index contributed by atoms with van der Waals surface area (Å²) >= 11 is 5.92. The average Bonchev–Trinajstić information content (AvgIpc) is 2.53. The number of hydrogen-bond donors (Lipinski definition) is 2. The van der Waals surface area contributed by atoms with Gasteiger partial charge in [-0.3, -0.25) is 14.6 Å². The van der Waals surface area contributed by atoms with E-state index < -0.39 is 11.4 Å². The van der Waals surface area contributed by atoms with E-state index in [9.17, 15) is 14.7 Å². The van der Waals surface area contributed by atoms with Gasteiger partial charge in [-0.25, -0.2) is 4.98 Å². The lowest BCUT2D eigenvalue weighted by atomic mass is 9.68. The third-order valence-electron chi connectivity index (χ3n) is 4.77. The van der Waals surface area contributed by atoms with Crippen molar-refractivity contribution in [1.29, 1.82) is 0 Å². The zero-order valence-corrected chi connectivity index (χ0v) is 14.1. The second-order valence-corrected chi connectivity index (χ2v) is 6.96. The summed E-state index contributed by atoms with van der Waals surface area (Å²) in [5.74, 6) is -1.04. The monoisotopic (exact) mass is 339 g/mol. The summed E-state index contributed by atoms with van der Waals surface area (Å²) in [5.41, 5.74) is -0.284. The van der Waals surface area contributed by atoms with E-state index >= 15 is 0 Å². The first kappa shape index (κ1) is 17.7. The highest BCUT2D eigenvalue weighted by Crippen LogP contribution is 2.40. The van der Waals surface area contributed by atoms with Crippen LogP contribution in [0.2, 0.25) is 5.15 Å². The van der Waals surface area contributed by atoms with E-state index in [1.165, 1.54) is 12.4 Å². The minimum atomic E-state index is -0.812. The maximum atomic E-state index is 12.4. The van der Waals surface area contributed by atoms with Crippen LogP contribution in [0.4, 0.5) is 0 Å². The molecule has 1 heterocycles. The number of nitrogens with one attached hydrogen (secondary N) is 1. The second kappa shape index (κ2) is 7.25. The molecule has 23 heavy (non-hydrogen) atoms. The van der Waals surface area contributed by atoms with Gasteiger partial charge in [0.1, 0.15) is 0 Å². The van der Waals surface area contributed by atoms with Crippen molar-refractivity contribution in [2.45, 2.75) is 46.1 Å². The van der Waals surface area contributed by atoms with Gasteiger partial charge < -0.3 is 10.4 Å². The molecular weight excluding hydrogens is 318 g/mol. The fourth-order valence-electron chi connectivity index (χ4n) is 3.04. The van der Waals surface area contributed by atoms with E-state index in [0.717, 1.165) is 19.3 Å². The number of amides is 1. The van der Waals surface area contributed by atoms with Gasteiger partial charge >= 0.3 is 5.97 Å². The Morgan fingerprint density at radius 2 is 2.04 bits per heavy atom. The molecule has 1 amide bonds. The molecule has 0 spiro atoms. The summed E-state index contributed by atoms with van der Waals surface area (Å²) < 4.78 is 0. The lowest BCUT2D eigenvalue weighted by Gasteiger charge is -2.36. The molecule has 1 aliphatic rings. The minimum absolute atomic E-state index is 0.00426. The SMILES string of the molecule is CC(C)(C(=O)O)C1CCCC(C(=O)NCc2nccnc2Cl)C1. The summed E-state index contributed by atoms with van der Waals surface area (Å²) in [6.45, 7) is 3.70. The third-order valence-corrected chi connectivity index (χ3v) is 5.09. The zero-order chi connectivity index (χ0) is 17.0. The number of rotatable bonds is 5. The van der Waals surface area contributed by atoms with Crippen LogP contribution in [0.3, 0.4) is 0 Å². The largest absolute Gasteiger partial charge is 0.481 e. The number of aliphatic carboxylic acids is 1. The van der Waals surface area contributed by atoms with E-state index in [1.54, 1.807) is 13.8 Å². The van der Waals surface area contributed by atoms with Crippen LogP contribution in [-0.4, -0.2) is 27.0 Å².